The number of fused-ring (bicyclic) bond motifs is 1. The van der Waals surface area contributed by atoms with Crippen LogP contribution in [0.15, 0.2) is 40.9 Å². The minimum atomic E-state index is -0.180. The first kappa shape index (κ1) is 15.9. The van der Waals surface area contributed by atoms with Gasteiger partial charge >= 0.3 is 0 Å². The van der Waals surface area contributed by atoms with E-state index in [2.05, 4.69) is 21.2 Å². The van der Waals surface area contributed by atoms with Gasteiger partial charge in [-0.3, -0.25) is 4.79 Å². The summed E-state index contributed by atoms with van der Waals surface area (Å²) in [6.07, 6.45) is 0.615. The molecular formula is C18H18BrNO3. The third kappa shape index (κ3) is 3.06. The standard InChI is InChI=1S/C18H18BrNO3/c1-3-23-17-14(19)9-11(10-16(17)22-2)8-13-12-6-4-5-7-15(12)20-18(13)21/h4-7,9-10,13H,3,8H2,1-2H3,(H,20,21)/t13-/m0/s1. The summed E-state index contributed by atoms with van der Waals surface area (Å²) >= 11 is 3.53. The van der Waals surface area contributed by atoms with Crippen LogP contribution in [0.4, 0.5) is 5.69 Å². The van der Waals surface area contributed by atoms with Crippen LogP contribution in [0, 0.1) is 0 Å². The Labute approximate surface area is 143 Å². The molecule has 1 N–H and O–H groups in total. The predicted molar refractivity (Wildman–Crippen MR) is 93.4 cm³/mol. The van der Waals surface area contributed by atoms with Gasteiger partial charge in [0.1, 0.15) is 0 Å². The zero-order valence-electron chi connectivity index (χ0n) is 13.1. The lowest BCUT2D eigenvalue weighted by Gasteiger charge is -2.15. The van der Waals surface area contributed by atoms with Gasteiger partial charge in [-0.15, -0.1) is 0 Å². The molecule has 0 saturated heterocycles. The van der Waals surface area contributed by atoms with E-state index in [0.717, 1.165) is 21.3 Å². The lowest BCUT2D eigenvalue weighted by molar-refractivity contribution is -0.117. The predicted octanol–water partition coefficient (Wildman–Crippen LogP) is 4.13. The SMILES string of the molecule is CCOc1c(Br)cc(C[C@@H]2C(=O)Nc3ccccc32)cc1OC. The fourth-order valence-electron chi connectivity index (χ4n) is 2.89. The quantitative estimate of drug-likeness (QED) is 0.854. The maximum atomic E-state index is 12.3. The number of carbonyl (C=O) groups is 1. The van der Waals surface area contributed by atoms with Crippen LogP contribution in [-0.2, 0) is 11.2 Å². The molecule has 0 radical (unpaired) electrons. The Morgan fingerprint density at radius 3 is 2.78 bits per heavy atom. The van der Waals surface area contributed by atoms with Gasteiger partial charge < -0.3 is 14.8 Å². The first-order valence-electron chi connectivity index (χ1n) is 7.53. The zero-order valence-corrected chi connectivity index (χ0v) is 14.6. The first-order valence-corrected chi connectivity index (χ1v) is 8.32. The lowest BCUT2D eigenvalue weighted by Crippen LogP contribution is -2.14. The third-order valence-electron chi connectivity index (χ3n) is 3.93. The van der Waals surface area contributed by atoms with E-state index in [4.69, 9.17) is 9.47 Å². The molecule has 4 nitrogen and oxygen atoms in total. The summed E-state index contributed by atoms with van der Waals surface area (Å²) in [6.45, 7) is 2.49. The fourth-order valence-corrected chi connectivity index (χ4v) is 3.49. The summed E-state index contributed by atoms with van der Waals surface area (Å²) in [5, 5.41) is 2.94. The smallest absolute Gasteiger partial charge is 0.232 e. The molecule has 5 heteroatoms. The van der Waals surface area contributed by atoms with Gasteiger partial charge in [-0.25, -0.2) is 0 Å². The number of nitrogens with one attached hydrogen (secondary N) is 1. The van der Waals surface area contributed by atoms with Crippen molar-refractivity contribution in [2.75, 3.05) is 19.0 Å². The lowest BCUT2D eigenvalue weighted by atomic mass is 9.93. The molecule has 0 bridgehead atoms. The van der Waals surface area contributed by atoms with E-state index < -0.39 is 0 Å². The summed E-state index contributed by atoms with van der Waals surface area (Å²) in [6, 6.07) is 11.7. The highest BCUT2D eigenvalue weighted by molar-refractivity contribution is 9.10. The van der Waals surface area contributed by atoms with Crippen LogP contribution in [0.1, 0.15) is 24.0 Å². The van der Waals surface area contributed by atoms with E-state index in [1.165, 1.54) is 0 Å². The summed E-state index contributed by atoms with van der Waals surface area (Å²) < 4.78 is 11.9. The van der Waals surface area contributed by atoms with Gasteiger partial charge in [0, 0.05) is 5.69 Å². The Balaban J connectivity index is 1.92. The third-order valence-corrected chi connectivity index (χ3v) is 4.52. The van der Waals surface area contributed by atoms with Gasteiger partial charge in [0.25, 0.3) is 0 Å². The van der Waals surface area contributed by atoms with E-state index in [-0.39, 0.29) is 11.8 Å². The number of halogens is 1. The second kappa shape index (κ2) is 6.62. The number of anilines is 1. The molecule has 120 valence electrons. The van der Waals surface area contributed by atoms with Gasteiger partial charge in [0.15, 0.2) is 11.5 Å². The van der Waals surface area contributed by atoms with Crippen LogP contribution < -0.4 is 14.8 Å². The Bertz CT molecular complexity index is 745. The first-order chi connectivity index (χ1) is 11.1. The number of benzene rings is 2. The van der Waals surface area contributed by atoms with Crippen molar-refractivity contribution >= 4 is 27.5 Å². The summed E-state index contributed by atoms with van der Waals surface area (Å²) in [5.41, 5.74) is 2.97. The van der Waals surface area contributed by atoms with Gasteiger partial charge in [0.2, 0.25) is 5.91 Å². The van der Waals surface area contributed by atoms with Crippen molar-refractivity contribution in [2.45, 2.75) is 19.3 Å². The molecule has 1 atom stereocenters. The normalized spacial score (nSPS) is 16.0. The molecule has 0 unspecified atom stereocenters. The monoisotopic (exact) mass is 375 g/mol. The van der Waals surface area contributed by atoms with E-state index in [0.29, 0.717) is 24.5 Å². The number of amides is 1. The van der Waals surface area contributed by atoms with Crippen LogP contribution in [0.25, 0.3) is 0 Å². The Morgan fingerprint density at radius 2 is 2.04 bits per heavy atom. The molecule has 0 aromatic heterocycles. The van der Waals surface area contributed by atoms with Gasteiger partial charge in [-0.1, -0.05) is 18.2 Å². The Hall–Kier alpha value is -2.01. The topological polar surface area (TPSA) is 47.6 Å². The number of hydrogen-bond acceptors (Lipinski definition) is 3. The van der Waals surface area contributed by atoms with Gasteiger partial charge in [0.05, 0.1) is 24.1 Å². The molecule has 2 aromatic rings. The van der Waals surface area contributed by atoms with E-state index in [1.54, 1.807) is 7.11 Å². The molecule has 3 rings (SSSR count). The van der Waals surface area contributed by atoms with Gasteiger partial charge in [-0.05, 0) is 58.6 Å². The molecule has 1 heterocycles. The highest BCUT2D eigenvalue weighted by atomic mass is 79.9. The molecule has 1 amide bonds. The van der Waals surface area contributed by atoms with Crippen molar-refractivity contribution in [1.82, 2.24) is 0 Å². The molecule has 0 aliphatic carbocycles. The maximum absolute atomic E-state index is 12.3. The Kier molecular flexibility index (Phi) is 4.57. The van der Waals surface area contributed by atoms with E-state index in [1.807, 2.05) is 43.3 Å². The van der Waals surface area contributed by atoms with E-state index >= 15 is 0 Å². The number of rotatable bonds is 5. The second-order valence-electron chi connectivity index (χ2n) is 5.38. The van der Waals surface area contributed by atoms with Crippen LogP contribution in [0.2, 0.25) is 0 Å². The van der Waals surface area contributed by atoms with E-state index in [9.17, 15) is 4.79 Å². The molecule has 0 spiro atoms. The van der Waals surface area contributed by atoms with Crippen molar-refractivity contribution in [1.29, 1.82) is 0 Å². The number of para-hydroxylation sites is 1. The van der Waals surface area contributed by atoms with Crippen LogP contribution >= 0.6 is 15.9 Å². The largest absolute Gasteiger partial charge is 0.493 e. The van der Waals surface area contributed by atoms with Crippen LogP contribution in [-0.4, -0.2) is 19.6 Å². The van der Waals surface area contributed by atoms with Crippen LogP contribution in [0.3, 0.4) is 0 Å². The second-order valence-corrected chi connectivity index (χ2v) is 6.23. The van der Waals surface area contributed by atoms with Crippen LogP contribution in [0.5, 0.6) is 11.5 Å². The van der Waals surface area contributed by atoms with Gasteiger partial charge in [-0.2, -0.15) is 0 Å². The highest BCUT2D eigenvalue weighted by Gasteiger charge is 2.30. The van der Waals surface area contributed by atoms with Crippen molar-refractivity contribution in [3.05, 3.63) is 52.0 Å². The minimum Gasteiger partial charge on any atom is -0.493 e. The summed E-state index contributed by atoms with van der Waals surface area (Å²) in [4.78, 5) is 12.3. The molecule has 1 aliphatic heterocycles. The number of methoxy groups -OCH3 is 1. The molecule has 23 heavy (non-hydrogen) atoms. The van der Waals surface area contributed by atoms with Crippen molar-refractivity contribution in [3.8, 4) is 11.5 Å². The van der Waals surface area contributed by atoms with Crippen molar-refractivity contribution in [3.63, 3.8) is 0 Å². The molecule has 2 aromatic carbocycles. The van der Waals surface area contributed by atoms with Crippen molar-refractivity contribution in [2.24, 2.45) is 0 Å². The average molecular weight is 376 g/mol. The Morgan fingerprint density at radius 1 is 1.26 bits per heavy atom. The molecule has 0 saturated carbocycles. The molecule has 1 aliphatic rings. The number of hydrogen-bond donors (Lipinski definition) is 1. The number of ether oxygens (including phenoxy) is 2. The summed E-state index contributed by atoms with van der Waals surface area (Å²) in [5.74, 6) is 1.22. The average Bonchev–Trinajstić information content (AvgIpc) is 2.86. The fraction of sp³-hybridized carbons (Fsp3) is 0.278. The highest BCUT2D eigenvalue weighted by Crippen LogP contribution is 2.40. The molecule has 0 fully saturated rings. The molecular weight excluding hydrogens is 358 g/mol. The minimum absolute atomic E-state index is 0.0372. The number of carbonyl (C=O) groups excluding carboxylic acids is 1. The summed E-state index contributed by atoms with van der Waals surface area (Å²) in [7, 11) is 1.62. The van der Waals surface area contributed by atoms with Crippen molar-refractivity contribution < 1.29 is 14.3 Å². The zero-order chi connectivity index (χ0) is 16.4. The maximum Gasteiger partial charge on any atom is 0.232 e.